The summed E-state index contributed by atoms with van der Waals surface area (Å²) in [5.74, 6) is 0.615. The highest BCUT2D eigenvalue weighted by molar-refractivity contribution is 6.40. The molecular formula is C11H16Cl2N2O2. The Labute approximate surface area is 111 Å². The molecule has 0 radical (unpaired) electrons. The maximum Gasteiger partial charge on any atom is 0.273 e. The van der Waals surface area contributed by atoms with Crippen molar-refractivity contribution >= 4 is 23.2 Å². The van der Waals surface area contributed by atoms with Gasteiger partial charge in [-0.25, -0.2) is 4.98 Å². The Balaban J connectivity index is 2.43. The quantitative estimate of drug-likeness (QED) is 0.594. The molecule has 4 nitrogen and oxygen atoms in total. The molecule has 1 aromatic heterocycles. The van der Waals surface area contributed by atoms with E-state index in [2.05, 4.69) is 18.8 Å². The molecule has 0 unspecified atom stereocenters. The Hall–Kier alpha value is -0.580. The average molecular weight is 279 g/mol. The molecule has 0 fully saturated rings. The zero-order chi connectivity index (χ0) is 12.8. The number of halogens is 2. The first kappa shape index (κ1) is 14.5. The first-order chi connectivity index (χ1) is 8.02. The first-order valence-electron chi connectivity index (χ1n) is 5.50. The van der Waals surface area contributed by atoms with Crippen LogP contribution in [0.1, 0.15) is 20.3 Å². The van der Waals surface area contributed by atoms with Crippen LogP contribution >= 0.6 is 23.2 Å². The van der Waals surface area contributed by atoms with E-state index in [1.807, 2.05) is 0 Å². The lowest BCUT2D eigenvalue weighted by Crippen LogP contribution is -2.23. The van der Waals surface area contributed by atoms with Gasteiger partial charge in [-0.15, -0.1) is 0 Å². The van der Waals surface area contributed by atoms with Gasteiger partial charge in [0, 0.05) is 6.61 Å². The Morgan fingerprint density at radius 1 is 1.41 bits per heavy atom. The molecule has 0 aliphatic rings. The van der Waals surface area contributed by atoms with Gasteiger partial charge >= 0.3 is 0 Å². The molecule has 6 heteroatoms. The summed E-state index contributed by atoms with van der Waals surface area (Å²) in [6, 6.07) is 0. The minimum atomic E-state index is -0.334. The summed E-state index contributed by atoms with van der Waals surface area (Å²) in [6.45, 7) is 5.86. The van der Waals surface area contributed by atoms with Gasteiger partial charge in [0.25, 0.3) is 5.56 Å². The number of hydrogen-bond acceptors (Lipinski definition) is 3. The summed E-state index contributed by atoms with van der Waals surface area (Å²) in [7, 11) is 0. The van der Waals surface area contributed by atoms with Crippen LogP contribution in [0.5, 0.6) is 0 Å². The fourth-order valence-electron chi connectivity index (χ4n) is 1.19. The lowest BCUT2D eigenvalue weighted by atomic mass is 10.1. The zero-order valence-electron chi connectivity index (χ0n) is 9.95. The molecule has 0 aromatic carbocycles. The molecule has 96 valence electrons. The molecule has 0 spiro atoms. The van der Waals surface area contributed by atoms with Crippen LogP contribution < -0.4 is 5.56 Å². The molecule has 0 saturated carbocycles. The highest BCUT2D eigenvalue weighted by Crippen LogP contribution is 2.12. The lowest BCUT2D eigenvalue weighted by molar-refractivity contribution is 0.115. The standard InChI is InChI=1S/C11H16Cl2N2O2/c1-8(2)3-5-17-6-4-15-7-14-10(13)9(12)11(15)16/h7-8H,3-6H2,1-2H3. The molecule has 0 aliphatic heterocycles. The van der Waals surface area contributed by atoms with Gasteiger partial charge in [0.05, 0.1) is 19.5 Å². The molecule has 0 N–H and O–H groups in total. The summed E-state index contributed by atoms with van der Waals surface area (Å²) in [5, 5.41) is -0.00927. The molecule has 1 heterocycles. The topological polar surface area (TPSA) is 44.1 Å². The van der Waals surface area contributed by atoms with Gasteiger partial charge in [0.2, 0.25) is 0 Å². The number of rotatable bonds is 6. The first-order valence-corrected chi connectivity index (χ1v) is 6.26. The monoisotopic (exact) mass is 278 g/mol. The molecular weight excluding hydrogens is 263 g/mol. The maximum absolute atomic E-state index is 11.6. The van der Waals surface area contributed by atoms with Crippen molar-refractivity contribution in [3.05, 3.63) is 26.9 Å². The fourth-order valence-corrected chi connectivity index (χ4v) is 1.47. The highest BCUT2D eigenvalue weighted by atomic mass is 35.5. The van der Waals surface area contributed by atoms with Crippen LogP contribution in [0.2, 0.25) is 10.2 Å². The van der Waals surface area contributed by atoms with Gasteiger partial charge in [-0.3, -0.25) is 9.36 Å². The van der Waals surface area contributed by atoms with Gasteiger partial charge < -0.3 is 4.74 Å². The van der Waals surface area contributed by atoms with E-state index in [0.29, 0.717) is 25.7 Å². The predicted octanol–water partition coefficient (Wildman–Crippen LogP) is 2.61. The minimum Gasteiger partial charge on any atom is -0.380 e. The van der Waals surface area contributed by atoms with Crippen LogP contribution in [0.4, 0.5) is 0 Å². The van der Waals surface area contributed by atoms with E-state index in [0.717, 1.165) is 6.42 Å². The van der Waals surface area contributed by atoms with E-state index in [1.54, 1.807) is 0 Å². The Morgan fingerprint density at radius 3 is 2.76 bits per heavy atom. The normalized spacial score (nSPS) is 11.1. The van der Waals surface area contributed by atoms with E-state index in [-0.39, 0.29) is 15.7 Å². The van der Waals surface area contributed by atoms with E-state index >= 15 is 0 Å². The van der Waals surface area contributed by atoms with Gasteiger partial charge in [-0.05, 0) is 12.3 Å². The van der Waals surface area contributed by atoms with E-state index in [1.165, 1.54) is 10.9 Å². The van der Waals surface area contributed by atoms with Crippen molar-refractivity contribution in [3.8, 4) is 0 Å². The highest BCUT2D eigenvalue weighted by Gasteiger charge is 2.06. The van der Waals surface area contributed by atoms with Crippen LogP contribution in [0, 0.1) is 5.92 Å². The predicted molar refractivity (Wildman–Crippen MR) is 68.8 cm³/mol. The number of hydrogen-bond donors (Lipinski definition) is 0. The maximum atomic E-state index is 11.6. The SMILES string of the molecule is CC(C)CCOCCn1cnc(Cl)c(Cl)c1=O. The number of ether oxygens (including phenoxy) is 1. The van der Waals surface area contributed by atoms with E-state index < -0.39 is 0 Å². The van der Waals surface area contributed by atoms with Gasteiger partial charge in [0.1, 0.15) is 5.02 Å². The summed E-state index contributed by atoms with van der Waals surface area (Å²) in [6.07, 6.45) is 2.39. The minimum absolute atomic E-state index is 0.0358. The van der Waals surface area contributed by atoms with Crippen LogP contribution in [0.25, 0.3) is 0 Å². The molecule has 0 amide bonds. The molecule has 0 atom stereocenters. The Morgan fingerprint density at radius 2 is 2.12 bits per heavy atom. The van der Waals surface area contributed by atoms with Crippen molar-refractivity contribution in [3.63, 3.8) is 0 Å². The molecule has 1 rings (SSSR count). The van der Waals surface area contributed by atoms with Crippen molar-refractivity contribution in [1.82, 2.24) is 9.55 Å². The van der Waals surface area contributed by atoms with Crippen molar-refractivity contribution in [2.75, 3.05) is 13.2 Å². The van der Waals surface area contributed by atoms with Crippen molar-refractivity contribution in [1.29, 1.82) is 0 Å². The molecule has 0 aliphatic carbocycles. The Kier molecular flexibility index (Phi) is 5.95. The summed E-state index contributed by atoms with van der Waals surface area (Å²) in [4.78, 5) is 15.4. The Bertz CT molecular complexity index is 418. The zero-order valence-corrected chi connectivity index (χ0v) is 11.5. The van der Waals surface area contributed by atoms with Crippen LogP contribution in [0.15, 0.2) is 11.1 Å². The van der Waals surface area contributed by atoms with Gasteiger partial charge in [-0.2, -0.15) is 0 Å². The fraction of sp³-hybridized carbons (Fsp3) is 0.636. The van der Waals surface area contributed by atoms with E-state index in [4.69, 9.17) is 27.9 Å². The third-order valence-corrected chi connectivity index (χ3v) is 2.98. The molecule has 1 aromatic rings. The second-order valence-electron chi connectivity index (χ2n) is 4.14. The van der Waals surface area contributed by atoms with Crippen molar-refractivity contribution < 1.29 is 4.74 Å². The third kappa shape index (κ3) is 4.66. The number of nitrogens with zero attached hydrogens (tertiary/aromatic N) is 2. The van der Waals surface area contributed by atoms with E-state index in [9.17, 15) is 4.79 Å². The summed E-state index contributed by atoms with van der Waals surface area (Å²) < 4.78 is 6.80. The van der Waals surface area contributed by atoms with Gasteiger partial charge in [-0.1, -0.05) is 37.0 Å². The number of aromatic nitrogens is 2. The van der Waals surface area contributed by atoms with Crippen molar-refractivity contribution in [2.24, 2.45) is 5.92 Å². The molecule has 0 bridgehead atoms. The largest absolute Gasteiger partial charge is 0.380 e. The summed E-state index contributed by atoms with van der Waals surface area (Å²) in [5.41, 5.74) is -0.334. The van der Waals surface area contributed by atoms with Crippen LogP contribution in [-0.2, 0) is 11.3 Å². The lowest BCUT2D eigenvalue weighted by Gasteiger charge is -2.08. The van der Waals surface area contributed by atoms with Gasteiger partial charge in [0.15, 0.2) is 5.15 Å². The average Bonchev–Trinajstić information content (AvgIpc) is 2.28. The third-order valence-electron chi connectivity index (χ3n) is 2.26. The second-order valence-corrected chi connectivity index (χ2v) is 4.88. The molecule has 0 saturated heterocycles. The van der Waals surface area contributed by atoms with Crippen LogP contribution in [-0.4, -0.2) is 22.8 Å². The van der Waals surface area contributed by atoms with Crippen molar-refractivity contribution in [2.45, 2.75) is 26.8 Å². The summed E-state index contributed by atoms with van der Waals surface area (Å²) >= 11 is 11.3. The second kappa shape index (κ2) is 6.99. The smallest absolute Gasteiger partial charge is 0.273 e. The van der Waals surface area contributed by atoms with Crippen LogP contribution in [0.3, 0.4) is 0 Å². The molecule has 17 heavy (non-hydrogen) atoms.